The van der Waals surface area contributed by atoms with Crippen molar-refractivity contribution in [2.75, 3.05) is 11.4 Å². The van der Waals surface area contributed by atoms with E-state index in [4.69, 9.17) is 5.11 Å². The summed E-state index contributed by atoms with van der Waals surface area (Å²) in [6, 6.07) is 16.1. The second-order valence-electron chi connectivity index (χ2n) is 4.98. The normalized spacial score (nSPS) is 10.4. The van der Waals surface area contributed by atoms with E-state index >= 15 is 0 Å². The summed E-state index contributed by atoms with van der Waals surface area (Å²) in [7, 11) is 0. The fourth-order valence-corrected chi connectivity index (χ4v) is 2.55. The first kappa shape index (κ1) is 15.6. The summed E-state index contributed by atoms with van der Waals surface area (Å²) in [6.45, 7) is 3.23. The zero-order valence-corrected chi connectivity index (χ0v) is 13.5. The molecule has 0 amide bonds. The van der Waals surface area contributed by atoms with Crippen molar-refractivity contribution in [3.63, 3.8) is 0 Å². The average molecular weight is 348 g/mol. The third kappa shape index (κ3) is 4.60. The van der Waals surface area contributed by atoms with Gasteiger partial charge in [0.25, 0.3) is 0 Å². The van der Waals surface area contributed by atoms with Crippen LogP contribution in [0.4, 0.5) is 5.69 Å². The standard InChI is InChI=1S/C17H18BrNO2/c1-13-7-8-14(11-16(13)18)12-19(10-9-17(20)21)15-5-3-2-4-6-15/h2-8,11H,9-10,12H2,1H3,(H,20,21). The summed E-state index contributed by atoms with van der Waals surface area (Å²) in [5, 5.41) is 8.92. The number of para-hydroxylation sites is 1. The summed E-state index contributed by atoms with van der Waals surface area (Å²) in [5.41, 5.74) is 3.38. The highest BCUT2D eigenvalue weighted by Crippen LogP contribution is 2.21. The van der Waals surface area contributed by atoms with E-state index in [2.05, 4.69) is 39.0 Å². The van der Waals surface area contributed by atoms with Crippen LogP contribution in [0.1, 0.15) is 17.5 Å². The Morgan fingerprint density at radius 3 is 2.52 bits per heavy atom. The predicted octanol–water partition coefficient (Wildman–Crippen LogP) is 4.24. The smallest absolute Gasteiger partial charge is 0.305 e. The molecular formula is C17H18BrNO2. The molecule has 4 heteroatoms. The Kier molecular flexibility index (Phi) is 5.39. The molecule has 21 heavy (non-hydrogen) atoms. The molecule has 0 atom stereocenters. The van der Waals surface area contributed by atoms with Crippen LogP contribution in [-0.2, 0) is 11.3 Å². The molecule has 0 fully saturated rings. The number of rotatable bonds is 6. The van der Waals surface area contributed by atoms with Gasteiger partial charge in [0.05, 0.1) is 6.42 Å². The zero-order valence-electron chi connectivity index (χ0n) is 11.9. The van der Waals surface area contributed by atoms with E-state index in [-0.39, 0.29) is 6.42 Å². The molecule has 0 saturated heterocycles. The van der Waals surface area contributed by atoms with Gasteiger partial charge in [0, 0.05) is 23.2 Å². The molecule has 2 rings (SSSR count). The maximum Gasteiger partial charge on any atom is 0.305 e. The van der Waals surface area contributed by atoms with Crippen LogP contribution in [0, 0.1) is 6.92 Å². The van der Waals surface area contributed by atoms with Gasteiger partial charge in [-0.15, -0.1) is 0 Å². The van der Waals surface area contributed by atoms with Crippen LogP contribution < -0.4 is 4.90 Å². The second-order valence-corrected chi connectivity index (χ2v) is 5.84. The molecule has 2 aromatic carbocycles. The first-order chi connectivity index (χ1) is 10.1. The molecule has 0 aliphatic carbocycles. The third-order valence-corrected chi connectivity index (χ3v) is 4.18. The minimum Gasteiger partial charge on any atom is -0.481 e. The Balaban J connectivity index is 2.18. The number of hydrogen-bond donors (Lipinski definition) is 1. The maximum atomic E-state index is 10.9. The van der Waals surface area contributed by atoms with Crippen LogP contribution in [-0.4, -0.2) is 17.6 Å². The minimum atomic E-state index is -0.777. The molecule has 0 aliphatic heterocycles. The number of aliphatic carboxylic acids is 1. The Morgan fingerprint density at radius 2 is 1.90 bits per heavy atom. The lowest BCUT2D eigenvalue weighted by atomic mass is 10.1. The molecule has 0 bridgehead atoms. The molecule has 3 nitrogen and oxygen atoms in total. The van der Waals surface area contributed by atoms with Crippen molar-refractivity contribution in [2.45, 2.75) is 19.9 Å². The van der Waals surface area contributed by atoms with E-state index in [1.54, 1.807) is 0 Å². The number of carbonyl (C=O) groups is 1. The van der Waals surface area contributed by atoms with Gasteiger partial charge in [-0.2, -0.15) is 0 Å². The quantitative estimate of drug-likeness (QED) is 0.849. The molecule has 0 saturated carbocycles. The lowest BCUT2D eigenvalue weighted by molar-refractivity contribution is -0.136. The number of aryl methyl sites for hydroxylation is 1. The summed E-state index contributed by atoms with van der Waals surface area (Å²) in [6.07, 6.45) is 0.127. The van der Waals surface area contributed by atoms with Gasteiger partial charge in [0.2, 0.25) is 0 Å². The van der Waals surface area contributed by atoms with E-state index in [0.717, 1.165) is 15.7 Å². The Morgan fingerprint density at radius 1 is 1.19 bits per heavy atom. The number of carboxylic acid groups (broad SMARTS) is 1. The average Bonchev–Trinajstić information content (AvgIpc) is 2.48. The minimum absolute atomic E-state index is 0.127. The Bertz CT molecular complexity index is 613. The lowest BCUT2D eigenvalue weighted by Crippen LogP contribution is -2.25. The zero-order chi connectivity index (χ0) is 15.2. The van der Waals surface area contributed by atoms with E-state index in [1.165, 1.54) is 5.56 Å². The topological polar surface area (TPSA) is 40.5 Å². The molecular weight excluding hydrogens is 330 g/mol. The molecule has 0 heterocycles. The molecule has 0 aliphatic rings. The molecule has 2 aromatic rings. The van der Waals surface area contributed by atoms with E-state index < -0.39 is 5.97 Å². The van der Waals surface area contributed by atoms with Crippen molar-refractivity contribution in [1.82, 2.24) is 0 Å². The maximum absolute atomic E-state index is 10.9. The van der Waals surface area contributed by atoms with Gasteiger partial charge in [-0.1, -0.05) is 46.3 Å². The number of carboxylic acids is 1. The Labute approximate surface area is 133 Å². The van der Waals surface area contributed by atoms with E-state index in [1.807, 2.05) is 37.3 Å². The van der Waals surface area contributed by atoms with Gasteiger partial charge in [0.15, 0.2) is 0 Å². The Hall–Kier alpha value is -1.81. The second kappa shape index (κ2) is 7.27. The molecule has 1 N–H and O–H groups in total. The molecule has 110 valence electrons. The molecule has 0 aromatic heterocycles. The number of anilines is 1. The van der Waals surface area contributed by atoms with Gasteiger partial charge in [0.1, 0.15) is 0 Å². The van der Waals surface area contributed by atoms with E-state index in [9.17, 15) is 4.79 Å². The fourth-order valence-electron chi connectivity index (χ4n) is 2.12. The van der Waals surface area contributed by atoms with Crippen molar-refractivity contribution in [2.24, 2.45) is 0 Å². The van der Waals surface area contributed by atoms with Crippen LogP contribution in [0.5, 0.6) is 0 Å². The van der Waals surface area contributed by atoms with Crippen molar-refractivity contribution >= 4 is 27.6 Å². The number of halogens is 1. The van der Waals surface area contributed by atoms with Crippen LogP contribution >= 0.6 is 15.9 Å². The first-order valence-corrected chi connectivity index (χ1v) is 7.62. The summed E-state index contributed by atoms with van der Waals surface area (Å²) in [5.74, 6) is -0.777. The third-order valence-electron chi connectivity index (χ3n) is 3.33. The monoisotopic (exact) mass is 347 g/mol. The molecule has 0 radical (unpaired) electrons. The van der Waals surface area contributed by atoms with Gasteiger partial charge in [-0.25, -0.2) is 0 Å². The highest BCUT2D eigenvalue weighted by molar-refractivity contribution is 9.10. The summed E-state index contributed by atoms with van der Waals surface area (Å²) in [4.78, 5) is 12.9. The molecule has 0 unspecified atom stereocenters. The fraction of sp³-hybridized carbons (Fsp3) is 0.235. The van der Waals surface area contributed by atoms with Crippen LogP contribution in [0.3, 0.4) is 0 Å². The first-order valence-electron chi connectivity index (χ1n) is 6.83. The predicted molar refractivity (Wildman–Crippen MR) is 88.6 cm³/mol. The van der Waals surface area contributed by atoms with Crippen LogP contribution in [0.25, 0.3) is 0 Å². The van der Waals surface area contributed by atoms with Gasteiger partial charge in [-0.3, -0.25) is 4.79 Å². The number of hydrogen-bond acceptors (Lipinski definition) is 2. The van der Waals surface area contributed by atoms with Crippen molar-refractivity contribution < 1.29 is 9.90 Å². The number of benzene rings is 2. The highest BCUT2D eigenvalue weighted by atomic mass is 79.9. The van der Waals surface area contributed by atoms with Crippen molar-refractivity contribution in [1.29, 1.82) is 0 Å². The highest BCUT2D eigenvalue weighted by Gasteiger charge is 2.10. The SMILES string of the molecule is Cc1ccc(CN(CCC(=O)O)c2ccccc2)cc1Br. The van der Waals surface area contributed by atoms with Crippen molar-refractivity contribution in [3.05, 3.63) is 64.1 Å². The largest absolute Gasteiger partial charge is 0.481 e. The van der Waals surface area contributed by atoms with Crippen LogP contribution in [0.15, 0.2) is 53.0 Å². The molecule has 0 spiro atoms. The van der Waals surface area contributed by atoms with Gasteiger partial charge >= 0.3 is 5.97 Å². The summed E-state index contributed by atoms with van der Waals surface area (Å²) >= 11 is 3.54. The van der Waals surface area contributed by atoms with Gasteiger partial charge in [-0.05, 0) is 36.2 Å². The van der Waals surface area contributed by atoms with Crippen molar-refractivity contribution in [3.8, 4) is 0 Å². The van der Waals surface area contributed by atoms with E-state index in [0.29, 0.717) is 13.1 Å². The number of nitrogens with zero attached hydrogens (tertiary/aromatic N) is 1. The van der Waals surface area contributed by atoms with Gasteiger partial charge < -0.3 is 10.0 Å². The van der Waals surface area contributed by atoms with Crippen LogP contribution in [0.2, 0.25) is 0 Å². The lowest BCUT2D eigenvalue weighted by Gasteiger charge is -2.24. The summed E-state index contributed by atoms with van der Waals surface area (Å²) < 4.78 is 1.08.